The van der Waals surface area contributed by atoms with Crippen molar-refractivity contribution >= 4 is 11.3 Å². The summed E-state index contributed by atoms with van der Waals surface area (Å²) >= 11 is 1.79. The highest BCUT2D eigenvalue weighted by molar-refractivity contribution is 7.18. The number of benzene rings is 2. The van der Waals surface area contributed by atoms with Crippen LogP contribution in [0.5, 0.6) is 5.75 Å². The van der Waals surface area contributed by atoms with Gasteiger partial charge in [-0.05, 0) is 65.9 Å². The van der Waals surface area contributed by atoms with Crippen LogP contribution in [0.1, 0.15) is 38.2 Å². The van der Waals surface area contributed by atoms with E-state index in [9.17, 15) is 5.11 Å². The molecule has 124 valence electrons. The van der Waals surface area contributed by atoms with Crippen LogP contribution < -0.4 is 0 Å². The number of hydrogen-bond donors (Lipinski definition) is 1. The molecule has 0 radical (unpaired) electrons. The highest BCUT2D eigenvalue weighted by atomic mass is 32.1. The molecule has 1 heterocycles. The number of aromatic hydroxyl groups is 1. The third-order valence-corrected chi connectivity index (χ3v) is 5.50. The zero-order valence-electron chi connectivity index (χ0n) is 14.2. The summed E-state index contributed by atoms with van der Waals surface area (Å²) in [6.45, 7) is 2.25. The predicted molar refractivity (Wildman–Crippen MR) is 105 cm³/mol. The van der Waals surface area contributed by atoms with Crippen molar-refractivity contribution in [1.29, 1.82) is 0 Å². The first kappa shape index (κ1) is 16.8. The van der Waals surface area contributed by atoms with Gasteiger partial charge in [0.2, 0.25) is 0 Å². The number of phenolic OH excluding ortho intramolecular Hbond substituents is 1. The van der Waals surface area contributed by atoms with E-state index in [0.717, 1.165) is 5.56 Å². The lowest BCUT2D eigenvalue weighted by Crippen LogP contribution is -1.85. The van der Waals surface area contributed by atoms with Crippen molar-refractivity contribution in [3.8, 4) is 26.6 Å². The van der Waals surface area contributed by atoms with Crippen molar-refractivity contribution in [3.63, 3.8) is 0 Å². The van der Waals surface area contributed by atoms with Gasteiger partial charge in [0.15, 0.2) is 0 Å². The molecule has 0 spiro atoms. The highest BCUT2D eigenvalue weighted by Gasteiger charge is 2.05. The first-order chi connectivity index (χ1) is 11.8. The molecule has 3 rings (SSSR count). The predicted octanol–water partition coefficient (Wildman–Crippen LogP) is 6.91. The summed E-state index contributed by atoms with van der Waals surface area (Å²) in [6.07, 6.45) is 6.44. The summed E-state index contributed by atoms with van der Waals surface area (Å²) in [7, 11) is 0. The van der Waals surface area contributed by atoms with Crippen LogP contribution in [0.15, 0.2) is 60.7 Å². The molecule has 1 N–H and O–H groups in total. The second kappa shape index (κ2) is 8.16. The van der Waals surface area contributed by atoms with Crippen molar-refractivity contribution < 1.29 is 5.11 Å². The van der Waals surface area contributed by atoms with E-state index < -0.39 is 0 Å². The molecule has 0 atom stereocenters. The Labute approximate surface area is 148 Å². The van der Waals surface area contributed by atoms with Crippen LogP contribution in [0, 0.1) is 0 Å². The third-order valence-electron chi connectivity index (χ3n) is 4.32. The normalized spacial score (nSPS) is 10.9. The third kappa shape index (κ3) is 4.27. The molecule has 1 nitrogen and oxygen atoms in total. The van der Waals surface area contributed by atoms with E-state index in [1.54, 1.807) is 23.5 Å². The van der Waals surface area contributed by atoms with Crippen molar-refractivity contribution in [1.82, 2.24) is 0 Å². The van der Waals surface area contributed by atoms with Crippen LogP contribution in [0.4, 0.5) is 0 Å². The van der Waals surface area contributed by atoms with Gasteiger partial charge < -0.3 is 5.11 Å². The summed E-state index contributed by atoms with van der Waals surface area (Å²) in [4.78, 5) is 2.52. The fraction of sp³-hybridized carbons (Fsp3) is 0.273. The second-order valence-corrected chi connectivity index (χ2v) is 7.30. The van der Waals surface area contributed by atoms with E-state index in [2.05, 4.69) is 43.3 Å². The van der Waals surface area contributed by atoms with Crippen LogP contribution >= 0.6 is 11.3 Å². The van der Waals surface area contributed by atoms with E-state index in [4.69, 9.17) is 0 Å². The molecule has 0 saturated carbocycles. The molecule has 2 heteroatoms. The van der Waals surface area contributed by atoms with Gasteiger partial charge in [0.25, 0.3) is 0 Å². The zero-order chi connectivity index (χ0) is 16.8. The van der Waals surface area contributed by atoms with Crippen LogP contribution in [-0.4, -0.2) is 5.11 Å². The Bertz CT molecular complexity index is 753. The molecule has 1 aromatic heterocycles. The Morgan fingerprint density at radius 3 is 1.88 bits per heavy atom. The molecule has 0 unspecified atom stereocenters. The fourth-order valence-electron chi connectivity index (χ4n) is 2.87. The lowest BCUT2D eigenvalue weighted by molar-refractivity contribution is 0.475. The number of rotatable bonds is 7. The molecule has 24 heavy (non-hydrogen) atoms. The lowest BCUT2D eigenvalue weighted by Gasteiger charge is -2.03. The van der Waals surface area contributed by atoms with Gasteiger partial charge in [-0.2, -0.15) is 0 Å². The van der Waals surface area contributed by atoms with E-state index >= 15 is 0 Å². The first-order valence-electron chi connectivity index (χ1n) is 8.75. The van der Waals surface area contributed by atoms with Crippen LogP contribution in [0.2, 0.25) is 0 Å². The molecule has 0 bridgehead atoms. The number of hydrogen-bond acceptors (Lipinski definition) is 2. The Hall–Kier alpha value is -2.06. The Balaban J connectivity index is 1.67. The average Bonchev–Trinajstić information content (AvgIpc) is 3.10. The lowest BCUT2D eigenvalue weighted by atomic mass is 10.0. The summed E-state index contributed by atoms with van der Waals surface area (Å²) in [5, 5.41) is 9.41. The quantitative estimate of drug-likeness (QED) is 0.465. The maximum Gasteiger partial charge on any atom is 0.115 e. The Morgan fingerprint density at radius 2 is 1.29 bits per heavy atom. The fourth-order valence-corrected chi connectivity index (χ4v) is 3.88. The molecular formula is C22H24OS. The molecule has 0 amide bonds. The summed E-state index contributed by atoms with van der Waals surface area (Å²) in [6, 6.07) is 20.7. The van der Waals surface area contributed by atoms with Gasteiger partial charge >= 0.3 is 0 Å². The number of aryl methyl sites for hydroxylation is 1. The van der Waals surface area contributed by atoms with E-state index in [1.807, 2.05) is 12.1 Å². The van der Waals surface area contributed by atoms with Gasteiger partial charge in [-0.1, -0.05) is 50.5 Å². The van der Waals surface area contributed by atoms with Gasteiger partial charge in [-0.15, -0.1) is 11.3 Å². The molecule has 0 fully saturated rings. The van der Waals surface area contributed by atoms with Gasteiger partial charge in [0.05, 0.1) is 0 Å². The molecule has 0 aliphatic rings. The molecule has 0 saturated heterocycles. The molecule has 2 aromatic carbocycles. The standard InChI is InChI=1S/C22H24OS/c1-2-3-4-5-6-17-7-9-18(10-8-17)21-15-16-22(24-21)19-11-13-20(23)14-12-19/h7-16,23H,2-6H2,1H3. The van der Waals surface area contributed by atoms with E-state index in [1.165, 1.54) is 53.0 Å². The monoisotopic (exact) mass is 336 g/mol. The number of unbranched alkanes of at least 4 members (excludes halogenated alkanes) is 3. The minimum Gasteiger partial charge on any atom is -0.508 e. The maximum atomic E-state index is 9.41. The zero-order valence-corrected chi connectivity index (χ0v) is 15.0. The van der Waals surface area contributed by atoms with Crippen LogP contribution in [0.3, 0.4) is 0 Å². The summed E-state index contributed by atoms with van der Waals surface area (Å²) in [5.74, 6) is 0.310. The Kier molecular flexibility index (Phi) is 5.71. The van der Waals surface area contributed by atoms with Crippen LogP contribution in [-0.2, 0) is 6.42 Å². The van der Waals surface area contributed by atoms with Crippen molar-refractivity contribution in [2.75, 3.05) is 0 Å². The Morgan fingerprint density at radius 1 is 0.708 bits per heavy atom. The van der Waals surface area contributed by atoms with Crippen molar-refractivity contribution in [2.24, 2.45) is 0 Å². The molecule has 3 aromatic rings. The van der Waals surface area contributed by atoms with E-state index in [-0.39, 0.29) is 0 Å². The largest absolute Gasteiger partial charge is 0.508 e. The molecule has 0 aliphatic carbocycles. The minimum atomic E-state index is 0.310. The van der Waals surface area contributed by atoms with Gasteiger partial charge in [0, 0.05) is 9.75 Å². The topological polar surface area (TPSA) is 20.2 Å². The van der Waals surface area contributed by atoms with E-state index in [0.29, 0.717) is 5.75 Å². The summed E-state index contributed by atoms with van der Waals surface area (Å²) in [5.41, 5.74) is 3.86. The molecular weight excluding hydrogens is 312 g/mol. The highest BCUT2D eigenvalue weighted by Crippen LogP contribution is 2.35. The van der Waals surface area contributed by atoms with Crippen molar-refractivity contribution in [2.45, 2.75) is 39.0 Å². The first-order valence-corrected chi connectivity index (χ1v) is 9.56. The molecule has 0 aliphatic heterocycles. The number of phenols is 1. The number of thiophene rings is 1. The maximum absolute atomic E-state index is 9.41. The second-order valence-electron chi connectivity index (χ2n) is 6.22. The summed E-state index contributed by atoms with van der Waals surface area (Å²) < 4.78 is 0. The van der Waals surface area contributed by atoms with Gasteiger partial charge in [-0.25, -0.2) is 0 Å². The van der Waals surface area contributed by atoms with Crippen LogP contribution in [0.25, 0.3) is 20.9 Å². The smallest absolute Gasteiger partial charge is 0.115 e. The van der Waals surface area contributed by atoms with Gasteiger partial charge in [0.1, 0.15) is 5.75 Å². The van der Waals surface area contributed by atoms with Crippen molar-refractivity contribution in [3.05, 3.63) is 66.2 Å². The SMILES string of the molecule is CCCCCCc1ccc(-c2ccc(-c3ccc(O)cc3)s2)cc1. The van der Waals surface area contributed by atoms with Gasteiger partial charge in [-0.3, -0.25) is 0 Å². The average molecular weight is 336 g/mol. The minimum absolute atomic E-state index is 0.310.